The predicted molar refractivity (Wildman–Crippen MR) is 63.0 cm³/mol. The molecule has 0 unspecified atom stereocenters. The number of hydrogen-bond donors (Lipinski definition) is 2. The second kappa shape index (κ2) is 3.83. The molecule has 2 nitrogen and oxygen atoms in total. The Kier molecular flexibility index (Phi) is 2.52. The molecule has 0 heterocycles. The van der Waals surface area contributed by atoms with Gasteiger partial charge in [-0.25, -0.2) is 0 Å². The molecule has 0 aliphatic carbocycles. The fourth-order valence-electron chi connectivity index (χ4n) is 1.45. The molecule has 0 aromatic heterocycles. The van der Waals surface area contributed by atoms with Crippen LogP contribution in [0.25, 0.3) is 11.1 Å². The van der Waals surface area contributed by atoms with Crippen LogP contribution in [0.3, 0.4) is 0 Å². The van der Waals surface area contributed by atoms with Crippen LogP contribution >= 0.6 is 11.6 Å². The Labute approximate surface area is 92.9 Å². The zero-order chi connectivity index (χ0) is 10.8. The Morgan fingerprint density at radius 1 is 1.00 bits per heavy atom. The van der Waals surface area contributed by atoms with E-state index in [9.17, 15) is 5.11 Å². The highest BCUT2D eigenvalue weighted by atomic mass is 35.5. The Bertz CT molecular complexity index is 459. The second-order valence-corrected chi connectivity index (χ2v) is 3.66. The molecule has 0 bridgehead atoms. The molecule has 3 heteroatoms. The quantitative estimate of drug-likeness (QED) is 0.723. The van der Waals surface area contributed by atoms with Gasteiger partial charge in [0.2, 0.25) is 0 Å². The van der Waals surface area contributed by atoms with E-state index in [-0.39, 0.29) is 5.75 Å². The first-order valence-electron chi connectivity index (χ1n) is 4.52. The lowest BCUT2D eigenvalue weighted by molar-refractivity contribution is 0.477. The standard InChI is InChI=1S/C12H10ClNO/c13-10-2-1-3-11(15)12(10)8-4-6-9(14)7-5-8/h1-7,15H,14H2. The highest BCUT2D eigenvalue weighted by molar-refractivity contribution is 6.33. The van der Waals surface area contributed by atoms with E-state index >= 15 is 0 Å². The van der Waals surface area contributed by atoms with Crippen LogP contribution in [-0.2, 0) is 0 Å². The van der Waals surface area contributed by atoms with Gasteiger partial charge in [-0.15, -0.1) is 0 Å². The minimum absolute atomic E-state index is 0.173. The van der Waals surface area contributed by atoms with Crippen LogP contribution in [0.1, 0.15) is 0 Å². The van der Waals surface area contributed by atoms with Crippen LogP contribution in [0.5, 0.6) is 5.75 Å². The average Bonchev–Trinajstić information content (AvgIpc) is 2.20. The Morgan fingerprint density at radius 2 is 1.67 bits per heavy atom. The summed E-state index contributed by atoms with van der Waals surface area (Å²) >= 11 is 6.01. The van der Waals surface area contributed by atoms with Gasteiger partial charge in [-0.3, -0.25) is 0 Å². The predicted octanol–water partition coefficient (Wildman–Crippen LogP) is 3.29. The fraction of sp³-hybridized carbons (Fsp3) is 0. The van der Waals surface area contributed by atoms with E-state index in [0.29, 0.717) is 16.3 Å². The Morgan fingerprint density at radius 3 is 2.27 bits per heavy atom. The number of hydrogen-bond acceptors (Lipinski definition) is 2. The molecule has 0 saturated heterocycles. The van der Waals surface area contributed by atoms with Crippen LogP contribution in [0.15, 0.2) is 42.5 Å². The van der Waals surface area contributed by atoms with Gasteiger partial charge in [-0.1, -0.05) is 29.8 Å². The molecule has 0 spiro atoms. The topological polar surface area (TPSA) is 46.2 Å². The number of aromatic hydroxyl groups is 1. The van der Waals surface area contributed by atoms with E-state index in [1.807, 2.05) is 12.1 Å². The number of halogens is 1. The van der Waals surface area contributed by atoms with E-state index in [2.05, 4.69) is 0 Å². The average molecular weight is 220 g/mol. The molecular weight excluding hydrogens is 210 g/mol. The maximum atomic E-state index is 9.70. The van der Waals surface area contributed by atoms with Gasteiger partial charge in [0.1, 0.15) is 5.75 Å². The maximum absolute atomic E-state index is 9.70. The third-order valence-corrected chi connectivity index (χ3v) is 2.51. The third-order valence-electron chi connectivity index (χ3n) is 2.19. The number of rotatable bonds is 1. The van der Waals surface area contributed by atoms with Crippen LogP contribution in [-0.4, -0.2) is 5.11 Å². The van der Waals surface area contributed by atoms with Crippen molar-refractivity contribution in [2.75, 3.05) is 5.73 Å². The van der Waals surface area contributed by atoms with Crippen molar-refractivity contribution >= 4 is 17.3 Å². The van der Waals surface area contributed by atoms with Gasteiger partial charge < -0.3 is 10.8 Å². The number of nitrogen functional groups attached to an aromatic ring is 1. The van der Waals surface area contributed by atoms with Crippen molar-refractivity contribution in [3.63, 3.8) is 0 Å². The monoisotopic (exact) mass is 219 g/mol. The maximum Gasteiger partial charge on any atom is 0.124 e. The summed E-state index contributed by atoms with van der Waals surface area (Å²) in [6, 6.07) is 12.3. The summed E-state index contributed by atoms with van der Waals surface area (Å²) in [4.78, 5) is 0. The molecule has 0 saturated carbocycles. The summed E-state index contributed by atoms with van der Waals surface area (Å²) in [5.74, 6) is 0.173. The molecule has 76 valence electrons. The molecule has 0 amide bonds. The number of nitrogens with two attached hydrogens (primary N) is 1. The molecule has 0 radical (unpaired) electrons. The SMILES string of the molecule is Nc1ccc(-c2c(O)cccc2Cl)cc1. The number of phenols is 1. The fourth-order valence-corrected chi connectivity index (χ4v) is 1.73. The Hall–Kier alpha value is -1.67. The molecule has 2 aromatic rings. The van der Waals surface area contributed by atoms with Gasteiger partial charge in [-0.2, -0.15) is 0 Å². The minimum atomic E-state index is 0.173. The summed E-state index contributed by atoms with van der Waals surface area (Å²) in [7, 11) is 0. The minimum Gasteiger partial charge on any atom is -0.507 e. The third kappa shape index (κ3) is 1.90. The summed E-state index contributed by atoms with van der Waals surface area (Å²) in [5, 5.41) is 10.2. The van der Waals surface area contributed by atoms with Crippen molar-refractivity contribution < 1.29 is 5.11 Å². The highest BCUT2D eigenvalue weighted by Gasteiger charge is 2.07. The van der Waals surface area contributed by atoms with Crippen molar-refractivity contribution in [1.82, 2.24) is 0 Å². The summed E-state index contributed by atoms with van der Waals surface area (Å²) < 4.78 is 0. The van der Waals surface area contributed by atoms with Gasteiger partial charge >= 0.3 is 0 Å². The van der Waals surface area contributed by atoms with Gasteiger partial charge in [-0.05, 0) is 29.8 Å². The van der Waals surface area contributed by atoms with Gasteiger partial charge in [0.25, 0.3) is 0 Å². The second-order valence-electron chi connectivity index (χ2n) is 3.26. The lowest BCUT2D eigenvalue weighted by atomic mass is 10.0. The first-order valence-corrected chi connectivity index (χ1v) is 4.89. The summed E-state index contributed by atoms with van der Waals surface area (Å²) in [6.45, 7) is 0. The number of anilines is 1. The van der Waals surface area contributed by atoms with E-state index in [1.165, 1.54) is 0 Å². The molecule has 0 aliphatic heterocycles. The van der Waals surface area contributed by atoms with Gasteiger partial charge in [0.05, 0.1) is 5.02 Å². The molecule has 0 aliphatic rings. The Balaban J connectivity index is 2.58. The molecule has 3 N–H and O–H groups in total. The first-order chi connectivity index (χ1) is 7.18. The van der Waals surface area contributed by atoms with E-state index in [1.54, 1.807) is 30.3 Å². The largest absolute Gasteiger partial charge is 0.507 e. The smallest absolute Gasteiger partial charge is 0.124 e. The summed E-state index contributed by atoms with van der Waals surface area (Å²) in [5.41, 5.74) is 7.76. The molecule has 0 atom stereocenters. The molecular formula is C12H10ClNO. The zero-order valence-corrected chi connectivity index (χ0v) is 8.70. The molecule has 2 aromatic carbocycles. The van der Waals surface area contributed by atoms with Crippen molar-refractivity contribution in [2.24, 2.45) is 0 Å². The van der Waals surface area contributed by atoms with E-state index in [4.69, 9.17) is 17.3 Å². The van der Waals surface area contributed by atoms with Crippen molar-refractivity contribution in [3.05, 3.63) is 47.5 Å². The lowest BCUT2D eigenvalue weighted by Gasteiger charge is -2.07. The first kappa shape index (κ1) is 9.87. The number of benzene rings is 2. The normalized spacial score (nSPS) is 10.2. The van der Waals surface area contributed by atoms with Crippen LogP contribution in [0, 0.1) is 0 Å². The van der Waals surface area contributed by atoms with E-state index < -0.39 is 0 Å². The highest BCUT2D eigenvalue weighted by Crippen LogP contribution is 2.35. The molecule has 2 rings (SSSR count). The molecule has 0 fully saturated rings. The number of phenolic OH excluding ortho intramolecular Hbond substituents is 1. The van der Waals surface area contributed by atoms with Crippen molar-refractivity contribution in [3.8, 4) is 16.9 Å². The van der Waals surface area contributed by atoms with Gasteiger partial charge in [0, 0.05) is 11.3 Å². The van der Waals surface area contributed by atoms with Crippen molar-refractivity contribution in [1.29, 1.82) is 0 Å². The van der Waals surface area contributed by atoms with Crippen LogP contribution in [0.2, 0.25) is 5.02 Å². The lowest BCUT2D eigenvalue weighted by Crippen LogP contribution is -1.85. The summed E-state index contributed by atoms with van der Waals surface area (Å²) in [6.07, 6.45) is 0. The van der Waals surface area contributed by atoms with Crippen molar-refractivity contribution in [2.45, 2.75) is 0 Å². The zero-order valence-electron chi connectivity index (χ0n) is 7.94. The van der Waals surface area contributed by atoms with Gasteiger partial charge in [0.15, 0.2) is 0 Å². The van der Waals surface area contributed by atoms with Crippen LogP contribution in [0.4, 0.5) is 5.69 Å². The van der Waals surface area contributed by atoms with E-state index in [0.717, 1.165) is 5.56 Å². The molecule has 15 heavy (non-hydrogen) atoms. The van der Waals surface area contributed by atoms with Crippen LogP contribution < -0.4 is 5.73 Å².